The Balaban J connectivity index is 1.78. The van der Waals surface area contributed by atoms with Crippen molar-refractivity contribution in [2.45, 2.75) is 25.3 Å². The molecule has 19 heavy (non-hydrogen) atoms. The van der Waals surface area contributed by atoms with Gasteiger partial charge in [0.1, 0.15) is 11.8 Å². The van der Waals surface area contributed by atoms with Gasteiger partial charge in [0, 0.05) is 6.54 Å². The Morgan fingerprint density at radius 3 is 3.16 bits per heavy atom. The Bertz CT molecular complexity index is 448. The van der Waals surface area contributed by atoms with Gasteiger partial charge in [0.05, 0.1) is 6.61 Å². The number of fused-ring (bicyclic) bond motifs is 1. The normalized spacial score (nSPS) is 15.4. The Morgan fingerprint density at radius 2 is 2.37 bits per heavy atom. The van der Waals surface area contributed by atoms with E-state index in [4.69, 9.17) is 15.6 Å². The lowest BCUT2D eigenvalue weighted by atomic mass is 10.0. The number of rotatable bonds is 6. The van der Waals surface area contributed by atoms with Crippen LogP contribution < -0.4 is 15.8 Å². The van der Waals surface area contributed by atoms with E-state index in [1.165, 1.54) is 11.1 Å². The molecule has 0 aliphatic carbocycles. The first-order valence-electron chi connectivity index (χ1n) is 6.60. The lowest BCUT2D eigenvalue weighted by Crippen LogP contribution is -2.40. The number of hydrogen-bond acceptors (Lipinski definition) is 4. The van der Waals surface area contributed by atoms with Crippen LogP contribution in [0.5, 0.6) is 5.75 Å². The molecule has 0 saturated carbocycles. The molecule has 0 aromatic heterocycles. The van der Waals surface area contributed by atoms with Crippen molar-refractivity contribution in [1.29, 1.82) is 0 Å². The zero-order chi connectivity index (χ0) is 13.7. The van der Waals surface area contributed by atoms with E-state index in [-0.39, 0.29) is 0 Å². The zero-order valence-corrected chi connectivity index (χ0v) is 10.9. The van der Waals surface area contributed by atoms with Crippen LogP contribution in [0.4, 0.5) is 0 Å². The molecule has 1 atom stereocenters. The lowest BCUT2D eigenvalue weighted by Gasteiger charge is -2.18. The number of ether oxygens (including phenoxy) is 1. The van der Waals surface area contributed by atoms with Crippen molar-refractivity contribution in [2.75, 3.05) is 19.7 Å². The molecule has 1 aliphatic heterocycles. The summed E-state index contributed by atoms with van der Waals surface area (Å²) in [5, 5.41) is 11.7. The van der Waals surface area contributed by atoms with Crippen LogP contribution in [0.2, 0.25) is 0 Å². The van der Waals surface area contributed by atoms with Gasteiger partial charge < -0.3 is 20.9 Å². The summed E-state index contributed by atoms with van der Waals surface area (Å²) in [6.07, 6.45) is 3.00. The van der Waals surface area contributed by atoms with Crippen LogP contribution in [0.1, 0.15) is 17.5 Å². The van der Waals surface area contributed by atoms with Crippen molar-refractivity contribution >= 4 is 5.97 Å². The molecule has 1 heterocycles. The molecule has 0 radical (unpaired) electrons. The molecule has 2 rings (SSSR count). The maximum Gasteiger partial charge on any atom is 0.321 e. The predicted octanol–water partition coefficient (Wildman–Crippen LogP) is 0.556. The molecule has 5 nitrogen and oxygen atoms in total. The molecular weight excluding hydrogens is 244 g/mol. The van der Waals surface area contributed by atoms with Gasteiger partial charge in [0.2, 0.25) is 0 Å². The first kappa shape index (κ1) is 13.8. The summed E-state index contributed by atoms with van der Waals surface area (Å²) in [7, 11) is 0. The van der Waals surface area contributed by atoms with Crippen molar-refractivity contribution in [1.82, 2.24) is 5.32 Å². The number of aryl methyl sites for hydroxylation is 1. The fourth-order valence-corrected chi connectivity index (χ4v) is 2.15. The maximum atomic E-state index is 10.5. The highest BCUT2D eigenvalue weighted by Crippen LogP contribution is 2.25. The molecule has 0 bridgehead atoms. The minimum Gasteiger partial charge on any atom is -0.493 e. The van der Waals surface area contributed by atoms with Gasteiger partial charge in [-0.25, -0.2) is 0 Å². The van der Waals surface area contributed by atoms with Crippen LogP contribution >= 0.6 is 0 Å². The third-order valence-corrected chi connectivity index (χ3v) is 3.24. The number of carboxylic acids is 1. The van der Waals surface area contributed by atoms with Crippen molar-refractivity contribution in [3.05, 3.63) is 29.3 Å². The number of aliphatic carboxylic acids is 1. The maximum absolute atomic E-state index is 10.5. The molecule has 0 amide bonds. The van der Waals surface area contributed by atoms with Crippen LogP contribution in [0.15, 0.2) is 18.2 Å². The van der Waals surface area contributed by atoms with Crippen LogP contribution in [0.3, 0.4) is 0 Å². The Morgan fingerprint density at radius 1 is 1.53 bits per heavy atom. The van der Waals surface area contributed by atoms with E-state index in [0.717, 1.165) is 38.2 Å². The second-order valence-electron chi connectivity index (χ2n) is 4.79. The van der Waals surface area contributed by atoms with E-state index in [1.54, 1.807) is 0 Å². The Kier molecular flexibility index (Phi) is 4.76. The standard InChI is InChI=1S/C14H20N2O3/c15-12(14(17)18)9-16-6-5-10-3-4-13-11(8-10)2-1-7-19-13/h3-4,8,12,16H,1-2,5-7,9,15H2,(H,17,18). The van der Waals surface area contributed by atoms with Crippen LogP contribution in [-0.2, 0) is 17.6 Å². The molecular formula is C14H20N2O3. The molecule has 4 N–H and O–H groups in total. The van der Waals surface area contributed by atoms with Crippen LogP contribution in [-0.4, -0.2) is 36.8 Å². The summed E-state index contributed by atoms with van der Waals surface area (Å²) >= 11 is 0. The Hall–Kier alpha value is -1.59. The van der Waals surface area contributed by atoms with Gasteiger partial charge in [-0.1, -0.05) is 12.1 Å². The predicted molar refractivity (Wildman–Crippen MR) is 72.4 cm³/mol. The molecule has 0 fully saturated rings. The highest BCUT2D eigenvalue weighted by molar-refractivity contribution is 5.73. The van der Waals surface area contributed by atoms with Crippen molar-refractivity contribution < 1.29 is 14.6 Å². The molecule has 104 valence electrons. The molecule has 0 saturated heterocycles. The summed E-state index contributed by atoms with van der Waals surface area (Å²) in [5.41, 5.74) is 7.91. The number of nitrogens with one attached hydrogen (secondary N) is 1. The first-order valence-corrected chi connectivity index (χ1v) is 6.60. The number of carboxylic acid groups (broad SMARTS) is 1. The smallest absolute Gasteiger partial charge is 0.321 e. The quantitative estimate of drug-likeness (QED) is 0.654. The first-order chi connectivity index (χ1) is 9.16. The second kappa shape index (κ2) is 6.54. The Labute approximate surface area is 112 Å². The summed E-state index contributed by atoms with van der Waals surface area (Å²) in [4.78, 5) is 10.5. The van der Waals surface area contributed by atoms with E-state index in [1.807, 2.05) is 6.07 Å². The average molecular weight is 264 g/mol. The molecule has 0 spiro atoms. The topological polar surface area (TPSA) is 84.6 Å². The van der Waals surface area contributed by atoms with Gasteiger partial charge in [-0.2, -0.15) is 0 Å². The van der Waals surface area contributed by atoms with Gasteiger partial charge in [0.25, 0.3) is 0 Å². The number of benzene rings is 1. The number of carbonyl (C=O) groups is 1. The van der Waals surface area contributed by atoms with E-state index in [0.29, 0.717) is 6.54 Å². The molecule has 1 aromatic rings. The van der Waals surface area contributed by atoms with Gasteiger partial charge in [-0.15, -0.1) is 0 Å². The van der Waals surface area contributed by atoms with Gasteiger partial charge in [0.15, 0.2) is 0 Å². The highest BCUT2D eigenvalue weighted by Gasteiger charge is 2.11. The van der Waals surface area contributed by atoms with Crippen molar-refractivity contribution in [3.8, 4) is 5.75 Å². The minimum atomic E-state index is -0.974. The fraction of sp³-hybridized carbons (Fsp3) is 0.500. The average Bonchev–Trinajstić information content (AvgIpc) is 2.43. The molecule has 1 unspecified atom stereocenters. The van der Waals surface area contributed by atoms with E-state index >= 15 is 0 Å². The van der Waals surface area contributed by atoms with Gasteiger partial charge in [-0.3, -0.25) is 4.79 Å². The molecule has 1 aliphatic rings. The van der Waals surface area contributed by atoms with Crippen LogP contribution in [0.25, 0.3) is 0 Å². The number of nitrogens with two attached hydrogens (primary N) is 1. The largest absolute Gasteiger partial charge is 0.493 e. The fourth-order valence-electron chi connectivity index (χ4n) is 2.15. The monoisotopic (exact) mass is 264 g/mol. The van der Waals surface area contributed by atoms with Gasteiger partial charge in [-0.05, 0) is 43.0 Å². The van der Waals surface area contributed by atoms with E-state index in [9.17, 15) is 4.79 Å². The third-order valence-electron chi connectivity index (χ3n) is 3.24. The van der Waals surface area contributed by atoms with Crippen LogP contribution in [0, 0.1) is 0 Å². The summed E-state index contributed by atoms with van der Waals surface area (Å²) < 4.78 is 5.56. The summed E-state index contributed by atoms with van der Waals surface area (Å²) in [5.74, 6) is 0.0225. The van der Waals surface area contributed by atoms with Gasteiger partial charge >= 0.3 is 5.97 Å². The van der Waals surface area contributed by atoms with E-state index < -0.39 is 12.0 Å². The van der Waals surface area contributed by atoms with Crippen molar-refractivity contribution in [2.24, 2.45) is 5.73 Å². The second-order valence-corrected chi connectivity index (χ2v) is 4.79. The summed E-state index contributed by atoms with van der Waals surface area (Å²) in [6.45, 7) is 1.82. The van der Waals surface area contributed by atoms with E-state index in [2.05, 4.69) is 17.4 Å². The minimum absolute atomic E-state index is 0.295. The van der Waals surface area contributed by atoms with Crippen molar-refractivity contribution in [3.63, 3.8) is 0 Å². The molecule has 1 aromatic carbocycles. The molecule has 5 heteroatoms. The highest BCUT2D eigenvalue weighted by atomic mass is 16.5. The zero-order valence-electron chi connectivity index (χ0n) is 10.9. The number of hydrogen-bond donors (Lipinski definition) is 3. The third kappa shape index (κ3) is 3.94. The SMILES string of the molecule is NC(CNCCc1ccc2c(c1)CCCO2)C(=O)O. The lowest BCUT2D eigenvalue weighted by molar-refractivity contribution is -0.138. The summed E-state index contributed by atoms with van der Waals surface area (Å²) in [6, 6.07) is 5.42.